The average molecular weight is 225 g/mol. The van der Waals surface area contributed by atoms with Crippen molar-refractivity contribution in [2.45, 2.75) is 19.9 Å². The molecule has 0 unspecified atom stereocenters. The highest BCUT2D eigenvalue weighted by molar-refractivity contribution is 5.79. The maximum absolute atomic E-state index is 8.43. The fraction of sp³-hybridized carbons (Fsp3) is 0.600. The molecule has 1 aromatic rings. The summed E-state index contributed by atoms with van der Waals surface area (Å²) in [6, 6.07) is 1.91. The molecule has 1 aromatic heterocycles. The smallest absolute Gasteiger partial charge is 0.140 e. The van der Waals surface area contributed by atoms with Gasteiger partial charge < -0.3 is 15.8 Å². The maximum Gasteiger partial charge on any atom is 0.140 e. The molecule has 0 spiro atoms. The van der Waals surface area contributed by atoms with Crippen LogP contribution in [0.25, 0.3) is 0 Å². The Morgan fingerprint density at radius 2 is 2.38 bits per heavy atom. The Labute approximate surface area is 95.3 Å². The van der Waals surface area contributed by atoms with Gasteiger partial charge in [-0.25, -0.2) is 0 Å². The van der Waals surface area contributed by atoms with Crippen LogP contribution in [0.1, 0.15) is 13.3 Å². The van der Waals surface area contributed by atoms with Crippen LogP contribution < -0.4 is 5.73 Å². The average Bonchev–Trinajstić information content (AvgIpc) is 2.81. The number of aromatic nitrogens is 2. The van der Waals surface area contributed by atoms with Gasteiger partial charge in [-0.15, -0.1) is 0 Å². The van der Waals surface area contributed by atoms with Crippen molar-refractivity contribution in [2.75, 3.05) is 19.6 Å². The van der Waals surface area contributed by atoms with E-state index in [1.807, 2.05) is 16.9 Å². The van der Waals surface area contributed by atoms with Gasteiger partial charge >= 0.3 is 0 Å². The zero-order valence-electron chi connectivity index (χ0n) is 9.58. The lowest BCUT2D eigenvalue weighted by Gasteiger charge is -2.19. The molecule has 0 bridgehead atoms. The summed E-state index contributed by atoms with van der Waals surface area (Å²) in [6.07, 6.45) is 4.30. The van der Waals surface area contributed by atoms with Crippen molar-refractivity contribution in [1.29, 1.82) is 0 Å². The number of nitrogens with zero attached hydrogens (tertiary/aromatic N) is 4. The summed E-state index contributed by atoms with van der Waals surface area (Å²) >= 11 is 0. The first kappa shape index (κ1) is 12.5. The largest absolute Gasteiger partial charge is 0.409 e. The number of hydrogen-bond donors (Lipinski definition) is 2. The molecule has 6 heteroatoms. The van der Waals surface area contributed by atoms with Crippen molar-refractivity contribution in [3.05, 3.63) is 18.5 Å². The fourth-order valence-electron chi connectivity index (χ4n) is 1.43. The van der Waals surface area contributed by atoms with E-state index in [0.29, 0.717) is 6.42 Å². The summed E-state index contributed by atoms with van der Waals surface area (Å²) in [5.41, 5.74) is 5.42. The van der Waals surface area contributed by atoms with Crippen LogP contribution in [0.4, 0.5) is 0 Å². The first-order chi connectivity index (χ1) is 7.76. The molecule has 0 amide bonds. The number of likely N-dealkylation sites (N-methyl/N-ethyl adjacent to an activating group) is 1. The minimum atomic E-state index is 0.275. The molecule has 3 N–H and O–H groups in total. The van der Waals surface area contributed by atoms with Crippen molar-refractivity contribution in [2.24, 2.45) is 10.9 Å². The monoisotopic (exact) mass is 225 g/mol. The molecular formula is C10H19N5O. The Kier molecular flexibility index (Phi) is 5.35. The number of nitrogens with two attached hydrogens (primary N) is 1. The van der Waals surface area contributed by atoms with E-state index in [-0.39, 0.29) is 5.84 Å². The first-order valence-electron chi connectivity index (χ1n) is 5.42. The van der Waals surface area contributed by atoms with Gasteiger partial charge in [0.1, 0.15) is 5.84 Å². The predicted octanol–water partition coefficient (Wildman–Crippen LogP) is 0.342. The second kappa shape index (κ2) is 6.84. The van der Waals surface area contributed by atoms with Crippen molar-refractivity contribution >= 4 is 5.84 Å². The normalized spacial score (nSPS) is 12.2. The molecule has 6 nitrogen and oxygen atoms in total. The molecule has 0 atom stereocenters. The van der Waals surface area contributed by atoms with Gasteiger partial charge in [-0.1, -0.05) is 12.1 Å². The van der Waals surface area contributed by atoms with Gasteiger partial charge in [-0.05, 0) is 12.6 Å². The first-order valence-corrected chi connectivity index (χ1v) is 5.42. The second-order valence-corrected chi connectivity index (χ2v) is 3.54. The van der Waals surface area contributed by atoms with E-state index in [9.17, 15) is 0 Å². The highest BCUT2D eigenvalue weighted by atomic mass is 16.4. The number of amidine groups is 1. The van der Waals surface area contributed by atoms with E-state index in [1.165, 1.54) is 0 Å². The molecule has 1 rings (SSSR count). The number of rotatable bonds is 7. The van der Waals surface area contributed by atoms with Crippen LogP contribution in [0.2, 0.25) is 0 Å². The minimum Gasteiger partial charge on any atom is -0.409 e. The van der Waals surface area contributed by atoms with Crippen molar-refractivity contribution in [1.82, 2.24) is 14.7 Å². The topological polar surface area (TPSA) is 79.7 Å². The summed E-state index contributed by atoms with van der Waals surface area (Å²) in [5.74, 6) is 0.275. The summed E-state index contributed by atoms with van der Waals surface area (Å²) in [6.45, 7) is 5.61. The Balaban J connectivity index is 2.26. The lowest BCUT2D eigenvalue weighted by molar-refractivity contribution is 0.275. The van der Waals surface area contributed by atoms with E-state index in [1.54, 1.807) is 6.20 Å². The van der Waals surface area contributed by atoms with E-state index < -0.39 is 0 Å². The molecule has 1 heterocycles. The number of oxime groups is 1. The van der Waals surface area contributed by atoms with Crippen LogP contribution in [0.5, 0.6) is 0 Å². The van der Waals surface area contributed by atoms with Gasteiger partial charge in [0.15, 0.2) is 0 Å². The Morgan fingerprint density at radius 1 is 1.56 bits per heavy atom. The van der Waals surface area contributed by atoms with Gasteiger partial charge in [0.05, 0.1) is 6.54 Å². The van der Waals surface area contributed by atoms with Crippen molar-refractivity contribution < 1.29 is 5.21 Å². The van der Waals surface area contributed by atoms with E-state index in [2.05, 4.69) is 22.1 Å². The van der Waals surface area contributed by atoms with Crippen LogP contribution >= 0.6 is 0 Å². The van der Waals surface area contributed by atoms with Gasteiger partial charge in [0.2, 0.25) is 0 Å². The molecule has 0 fully saturated rings. The summed E-state index contributed by atoms with van der Waals surface area (Å²) in [5, 5.41) is 15.5. The summed E-state index contributed by atoms with van der Waals surface area (Å²) in [7, 11) is 0. The van der Waals surface area contributed by atoms with Crippen molar-refractivity contribution in [3.63, 3.8) is 0 Å². The van der Waals surface area contributed by atoms with Crippen LogP contribution in [-0.2, 0) is 6.54 Å². The SMILES string of the molecule is CCN(CCC(N)=NO)CCn1cccn1. The standard InChI is InChI=1S/C10H19N5O/c1-2-14(7-4-10(11)13-16)8-9-15-6-3-5-12-15/h3,5-6,16H,2,4,7-9H2,1H3,(H2,11,13). The van der Waals surface area contributed by atoms with Crippen LogP contribution in [0.3, 0.4) is 0 Å². The highest BCUT2D eigenvalue weighted by Gasteiger charge is 2.04. The molecule has 0 radical (unpaired) electrons. The lowest BCUT2D eigenvalue weighted by atomic mass is 10.3. The Hall–Kier alpha value is -1.56. The van der Waals surface area contributed by atoms with Crippen molar-refractivity contribution in [3.8, 4) is 0 Å². The Morgan fingerprint density at radius 3 is 2.94 bits per heavy atom. The molecule has 0 aromatic carbocycles. The lowest BCUT2D eigenvalue weighted by Crippen LogP contribution is -2.31. The molecule has 0 saturated heterocycles. The van der Waals surface area contributed by atoms with Gasteiger partial charge in [-0.2, -0.15) is 5.10 Å². The predicted molar refractivity (Wildman–Crippen MR) is 62.4 cm³/mol. The van der Waals surface area contributed by atoms with E-state index >= 15 is 0 Å². The summed E-state index contributed by atoms with van der Waals surface area (Å²) < 4.78 is 1.89. The van der Waals surface area contributed by atoms with Crippen LogP contribution in [0, 0.1) is 0 Å². The third-order valence-electron chi connectivity index (χ3n) is 2.46. The molecule has 0 aliphatic heterocycles. The molecule has 0 saturated carbocycles. The quantitative estimate of drug-likeness (QED) is 0.303. The zero-order chi connectivity index (χ0) is 11.8. The van der Waals surface area contributed by atoms with Gasteiger partial charge in [0.25, 0.3) is 0 Å². The fourth-order valence-corrected chi connectivity index (χ4v) is 1.43. The molecule has 16 heavy (non-hydrogen) atoms. The summed E-state index contributed by atoms with van der Waals surface area (Å²) in [4.78, 5) is 2.24. The third-order valence-corrected chi connectivity index (χ3v) is 2.46. The highest BCUT2D eigenvalue weighted by Crippen LogP contribution is 1.94. The molecule has 0 aliphatic carbocycles. The second-order valence-electron chi connectivity index (χ2n) is 3.54. The van der Waals surface area contributed by atoms with Gasteiger partial charge in [0, 0.05) is 31.9 Å². The minimum absolute atomic E-state index is 0.275. The van der Waals surface area contributed by atoms with E-state index in [4.69, 9.17) is 10.9 Å². The zero-order valence-corrected chi connectivity index (χ0v) is 9.58. The maximum atomic E-state index is 8.43. The molecular weight excluding hydrogens is 206 g/mol. The molecule has 0 aliphatic rings. The van der Waals surface area contributed by atoms with Gasteiger partial charge in [-0.3, -0.25) is 4.68 Å². The Bertz CT molecular complexity index is 309. The van der Waals surface area contributed by atoms with Crippen LogP contribution in [0.15, 0.2) is 23.6 Å². The molecule has 90 valence electrons. The van der Waals surface area contributed by atoms with Crippen LogP contribution in [-0.4, -0.2) is 45.4 Å². The third kappa shape index (κ3) is 4.31. The number of hydrogen-bond acceptors (Lipinski definition) is 4. The van der Waals surface area contributed by atoms with E-state index in [0.717, 1.165) is 26.2 Å².